The average molecular weight is 444 g/mol. The molecule has 1 fully saturated rings. The molecule has 152 valence electrons. The predicted molar refractivity (Wildman–Crippen MR) is 113 cm³/mol. The number of hydrogen-bond donors (Lipinski definition) is 2. The van der Waals surface area contributed by atoms with Crippen molar-refractivity contribution in [3.63, 3.8) is 0 Å². The Labute approximate surface area is 175 Å². The summed E-state index contributed by atoms with van der Waals surface area (Å²) < 4.78 is 27.6. The minimum Gasteiger partial charge on any atom is -0.369 e. The van der Waals surface area contributed by atoms with E-state index in [4.69, 9.17) is 23.2 Å². The smallest absolute Gasteiger partial charge is 0.242 e. The largest absolute Gasteiger partial charge is 0.369 e. The van der Waals surface area contributed by atoms with Crippen LogP contribution in [0, 0.1) is 13.8 Å². The second-order valence-electron chi connectivity index (χ2n) is 6.71. The van der Waals surface area contributed by atoms with Crippen LogP contribution in [0.4, 0.5) is 11.6 Å². The molecule has 2 aromatic rings. The van der Waals surface area contributed by atoms with Crippen LogP contribution < -0.4 is 14.9 Å². The molecule has 10 heteroatoms. The number of benzene rings is 1. The number of nitrogens with zero attached hydrogens (tertiary/aromatic N) is 3. The lowest BCUT2D eigenvalue weighted by Gasteiger charge is -2.18. The van der Waals surface area contributed by atoms with Crippen LogP contribution in [0.1, 0.15) is 24.2 Å². The van der Waals surface area contributed by atoms with Crippen molar-refractivity contribution in [2.24, 2.45) is 0 Å². The molecule has 7 nitrogen and oxygen atoms in total. The maximum atomic E-state index is 12.5. The van der Waals surface area contributed by atoms with E-state index in [0.29, 0.717) is 28.8 Å². The van der Waals surface area contributed by atoms with Crippen molar-refractivity contribution in [2.45, 2.75) is 31.6 Å². The first-order valence-electron chi connectivity index (χ1n) is 9.06. The summed E-state index contributed by atoms with van der Waals surface area (Å²) in [4.78, 5) is 11.1. The molecule has 1 aromatic heterocycles. The van der Waals surface area contributed by atoms with Gasteiger partial charge in [-0.2, -0.15) is 0 Å². The molecule has 2 N–H and O–H groups in total. The summed E-state index contributed by atoms with van der Waals surface area (Å²) in [7, 11) is -3.74. The lowest BCUT2D eigenvalue weighted by molar-refractivity contribution is 0.583. The van der Waals surface area contributed by atoms with Gasteiger partial charge in [0.2, 0.25) is 10.0 Å². The highest BCUT2D eigenvalue weighted by molar-refractivity contribution is 7.89. The van der Waals surface area contributed by atoms with E-state index in [-0.39, 0.29) is 16.5 Å². The molecule has 2 heterocycles. The molecule has 0 unspecified atom stereocenters. The fraction of sp³-hybridized carbons (Fsp3) is 0.444. The van der Waals surface area contributed by atoms with Crippen molar-refractivity contribution in [3.8, 4) is 0 Å². The highest BCUT2D eigenvalue weighted by Crippen LogP contribution is 2.28. The lowest BCUT2D eigenvalue weighted by atomic mass is 10.2. The Morgan fingerprint density at radius 2 is 1.75 bits per heavy atom. The van der Waals surface area contributed by atoms with Crippen LogP contribution in [0.5, 0.6) is 0 Å². The molecule has 0 bridgehead atoms. The molecule has 0 radical (unpaired) electrons. The molecule has 0 saturated carbocycles. The summed E-state index contributed by atoms with van der Waals surface area (Å²) in [6.45, 7) is 6.13. The molecule has 0 amide bonds. The van der Waals surface area contributed by atoms with Gasteiger partial charge < -0.3 is 10.2 Å². The van der Waals surface area contributed by atoms with Crippen molar-refractivity contribution in [2.75, 3.05) is 36.4 Å². The Balaban J connectivity index is 1.60. The molecule has 0 atom stereocenters. The van der Waals surface area contributed by atoms with Gasteiger partial charge in [-0.1, -0.05) is 23.2 Å². The van der Waals surface area contributed by atoms with Crippen LogP contribution in [0.2, 0.25) is 10.0 Å². The van der Waals surface area contributed by atoms with Gasteiger partial charge in [-0.25, -0.2) is 23.1 Å². The van der Waals surface area contributed by atoms with Crippen molar-refractivity contribution >= 4 is 44.9 Å². The van der Waals surface area contributed by atoms with Crippen molar-refractivity contribution in [1.29, 1.82) is 0 Å². The van der Waals surface area contributed by atoms with Crippen molar-refractivity contribution < 1.29 is 8.42 Å². The topological polar surface area (TPSA) is 87.2 Å². The number of aryl methyl sites for hydroxylation is 2. The molecule has 1 aliphatic heterocycles. The molecule has 1 saturated heterocycles. The first kappa shape index (κ1) is 21.1. The third-order valence-corrected chi connectivity index (χ3v) is 6.81. The summed E-state index contributed by atoms with van der Waals surface area (Å²) in [5.74, 6) is 2.25. The molecular formula is C18H23Cl2N5O2S. The van der Waals surface area contributed by atoms with Gasteiger partial charge in [-0.15, -0.1) is 0 Å². The molecule has 0 aliphatic carbocycles. The van der Waals surface area contributed by atoms with Gasteiger partial charge in [0, 0.05) is 37.3 Å². The van der Waals surface area contributed by atoms with Gasteiger partial charge in [-0.3, -0.25) is 0 Å². The Kier molecular flexibility index (Phi) is 6.65. The number of sulfonamides is 1. The van der Waals surface area contributed by atoms with E-state index in [1.54, 1.807) is 6.92 Å². The summed E-state index contributed by atoms with van der Waals surface area (Å²) in [6.07, 6.45) is 2.33. The monoisotopic (exact) mass is 443 g/mol. The summed E-state index contributed by atoms with van der Waals surface area (Å²) in [6, 6.07) is 4.80. The van der Waals surface area contributed by atoms with Crippen molar-refractivity contribution in [3.05, 3.63) is 39.6 Å². The zero-order valence-electron chi connectivity index (χ0n) is 15.8. The number of aromatic nitrogens is 2. The van der Waals surface area contributed by atoms with E-state index in [9.17, 15) is 8.42 Å². The highest BCUT2D eigenvalue weighted by atomic mass is 35.5. The number of anilines is 2. The summed E-state index contributed by atoms with van der Waals surface area (Å²) in [5.41, 5.74) is 0.649. The maximum Gasteiger partial charge on any atom is 0.242 e. The van der Waals surface area contributed by atoms with Gasteiger partial charge in [0.05, 0.1) is 5.02 Å². The fourth-order valence-corrected chi connectivity index (χ4v) is 4.90. The SMILES string of the molecule is Cc1nc(NCCNS(=O)(=O)c2cc(C)c(Cl)cc2Cl)cc(N2CCCC2)n1. The van der Waals surface area contributed by atoms with E-state index in [1.165, 1.54) is 25.0 Å². The van der Waals surface area contributed by atoms with Gasteiger partial charge in [-0.05, 0) is 44.4 Å². The lowest BCUT2D eigenvalue weighted by Crippen LogP contribution is -2.29. The first-order valence-corrected chi connectivity index (χ1v) is 11.3. The summed E-state index contributed by atoms with van der Waals surface area (Å²) in [5, 5.41) is 3.67. The molecule has 28 heavy (non-hydrogen) atoms. The van der Waals surface area contributed by atoms with Crippen molar-refractivity contribution in [1.82, 2.24) is 14.7 Å². The van der Waals surface area contributed by atoms with E-state index in [1.807, 2.05) is 13.0 Å². The molecular weight excluding hydrogens is 421 g/mol. The number of nitrogens with one attached hydrogen (secondary N) is 2. The predicted octanol–water partition coefficient (Wildman–Crippen LogP) is 3.39. The van der Waals surface area contributed by atoms with Crippen LogP contribution in [-0.4, -0.2) is 44.6 Å². The molecule has 1 aliphatic rings. The average Bonchev–Trinajstić information content (AvgIpc) is 3.16. The zero-order chi connectivity index (χ0) is 20.3. The van der Waals surface area contributed by atoms with E-state index in [2.05, 4.69) is 24.9 Å². The van der Waals surface area contributed by atoms with Crippen LogP contribution in [0.3, 0.4) is 0 Å². The number of halogens is 2. The third-order valence-electron chi connectivity index (χ3n) is 4.48. The Bertz CT molecular complexity index is 963. The quantitative estimate of drug-likeness (QED) is 0.637. The van der Waals surface area contributed by atoms with Crippen LogP contribution in [-0.2, 0) is 10.0 Å². The minimum absolute atomic E-state index is 0.0188. The Morgan fingerprint density at radius 3 is 2.46 bits per heavy atom. The summed E-state index contributed by atoms with van der Waals surface area (Å²) >= 11 is 12.0. The van der Waals surface area contributed by atoms with Gasteiger partial charge in [0.1, 0.15) is 22.4 Å². The Hall–Kier alpha value is -1.61. The van der Waals surface area contributed by atoms with Crippen LogP contribution in [0.25, 0.3) is 0 Å². The van der Waals surface area contributed by atoms with Gasteiger partial charge in [0.25, 0.3) is 0 Å². The van der Waals surface area contributed by atoms with Gasteiger partial charge in [0.15, 0.2) is 0 Å². The standard InChI is InChI=1S/C18H23Cl2N5O2S/c1-12-9-16(15(20)10-14(12)19)28(26,27)22-6-5-21-17-11-18(24-13(2)23-17)25-7-3-4-8-25/h9-11,22H,3-8H2,1-2H3,(H,21,23,24). The zero-order valence-corrected chi connectivity index (χ0v) is 18.1. The Morgan fingerprint density at radius 1 is 1.04 bits per heavy atom. The van der Waals surface area contributed by atoms with E-state index >= 15 is 0 Å². The third kappa shape index (κ3) is 5.05. The van der Waals surface area contributed by atoms with E-state index in [0.717, 1.165) is 18.9 Å². The second-order valence-corrected chi connectivity index (χ2v) is 9.26. The molecule has 3 rings (SSSR count). The van der Waals surface area contributed by atoms with Crippen LogP contribution in [0.15, 0.2) is 23.1 Å². The fourth-order valence-electron chi connectivity index (χ4n) is 3.04. The van der Waals surface area contributed by atoms with Crippen LogP contribution >= 0.6 is 23.2 Å². The highest BCUT2D eigenvalue weighted by Gasteiger charge is 2.19. The number of rotatable bonds is 7. The van der Waals surface area contributed by atoms with E-state index < -0.39 is 10.0 Å². The first-order chi connectivity index (χ1) is 13.3. The normalized spacial score (nSPS) is 14.5. The number of hydrogen-bond acceptors (Lipinski definition) is 6. The van der Waals surface area contributed by atoms with Gasteiger partial charge >= 0.3 is 0 Å². The maximum absolute atomic E-state index is 12.5. The molecule has 0 spiro atoms. The molecule has 1 aromatic carbocycles. The minimum atomic E-state index is -3.74. The second kappa shape index (κ2) is 8.82.